The highest BCUT2D eigenvalue weighted by Crippen LogP contribution is 2.33. The third-order valence-corrected chi connectivity index (χ3v) is 3.47. The molecule has 1 heterocycles. The molecule has 1 aromatic carbocycles. The lowest BCUT2D eigenvalue weighted by atomic mass is 10.1. The van der Waals surface area contributed by atoms with Crippen molar-refractivity contribution in [3.8, 4) is 5.69 Å². The van der Waals surface area contributed by atoms with Gasteiger partial charge in [-0.05, 0) is 25.1 Å². The Hall–Kier alpha value is -1.73. The fourth-order valence-electron chi connectivity index (χ4n) is 1.98. The van der Waals surface area contributed by atoms with Crippen LogP contribution in [0.25, 0.3) is 5.69 Å². The molecular weight excluding hydrogens is 319 g/mol. The molecule has 0 aliphatic heterocycles. The summed E-state index contributed by atoms with van der Waals surface area (Å²) >= 11 is 5.50. The van der Waals surface area contributed by atoms with Crippen LogP contribution < -0.4 is 5.32 Å². The summed E-state index contributed by atoms with van der Waals surface area (Å²) < 4.78 is 40.3. The first-order chi connectivity index (χ1) is 10.3. The van der Waals surface area contributed by atoms with E-state index >= 15 is 0 Å². The van der Waals surface area contributed by atoms with Crippen molar-refractivity contribution >= 4 is 17.3 Å². The number of benzene rings is 1. The van der Waals surface area contributed by atoms with E-state index in [1.165, 1.54) is 6.07 Å². The van der Waals surface area contributed by atoms with Crippen LogP contribution in [0.2, 0.25) is 0 Å². The molecule has 1 unspecified atom stereocenters. The van der Waals surface area contributed by atoms with Gasteiger partial charge in [-0.25, -0.2) is 4.98 Å². The fraction of sp³-hybridized carbons (Fsp3) is 0.357. The van der Waals surface area contributed by atoms with E-state index in [2.05, 4.69) is 10.3 Å². The summed E-state index contributed by atoms with van der Waals surface area (Å²) in [6, 6.07) is 3.39. The Labute approximate surface area is 130 Å². The number of alkyl halides is 4. The highest BCUT2D eigenvalue weighted by Gasteiger charge is 2.31. The van der Waals surface area contributed by atoms with Crippen LogP contribution in [0.1, 0.15) is 11.4 Å². The first-order valence-corrected chi connectivity index (χ1v) is 7.06. The molecule has 0 radical (unpaired) electrons. The van der Waals surface area contributed by atoms with Crippen LogP contribution in [-0.4, -0.2) is 33.2 Å². The SMILES string of the molecule is Cc1nccn1-c1ccc(C(F)(F)F)cc1NCC(O)CCl. The number of imidazole rings is 1. The molecule has 120 valence electrons. The number of aryl methyl sites for hydroxylation is 1. The first-order valence-electron chi connectivity index (χ1n) is 6.52. The van der Waals surface area contributed by atoms with Crippen molar-refractivity contribution in [2.75, 3.05) is 17.7 Å². The van der Waals surface area contributed by atoms with Crippen molar-refractivity contribution in [1.82, 2.24) is 9.55 Å². The number of nitrogens with zero attached hydrogens (tertiary/aromatic N) is 2. The molecule has 0 aliphatic carbocycles. The average molecular weight is 334 g/mol. The molecule has 4 nitrogen and oxygen atoms in total. The molecule has 2 rings (SSSR count). The van der Waals surface area contributed by atoms with Crippen molar-refractivity contribution in [2.45, 2.75) is 19.2 Å². The number of halogens is 4. The van der Waals surface area contributed by atoms with Gasteiger partial charge in [-0.1, -0.05) is 0 Å². The maximum absolute atomic E-state index is 12.9. The van der Waals surface area contributed by atoms with E-state index in [4.69, 9.17) is 11.6 Å². The van der Waals surface area contributed by atoms with Gasteiger partial charge in [0.1, 0.15) is 5.82 Å². The maximum Gasteiger partial charge on any atom is 0.416 e. The zero-order valence-electron chi connectivity index (χ0n) is 11.7. The van der Waals surface area contributed by atoms with Crippen molar-refractivity contribution < 1.29 is 18.3 Å². The van der Waals surface area contributed by atoms with Gasteiger partial charge in [0, 0.05) is 18.9 Å². The maximum atomic E-state index is 12.9. The topological polar surface area (TPSA) is 50.1 Å². The molecule has 0 bridgehead atoms. The molecule has 2 N–H and O–H groups in total. The van der Waals surface area contributed by atoms with Crippen molar-refractivity contribution in [1.29, 1.82) is 0 Å². The van der Waals surface area contributed by atoms with Gasteiger partial charge in [0.05, 0.1) is 28.9 Å². The van der Waals surface area contributed by atoms with Gasteiger partial charge in [-0.3, -0.25) is 0 Å². The Morgan fingerprint density at radius 2 is 2.14 bits per heavy atom. The van der Waals surface area contributed by atoms with Crippen molar-refractivity contribution in [3.05, 3.63) is 42.0 Å². The van der Waals surface area contributed by atoms with Gasteiger partial charge in [0.15, 0.2) is 0 Å². The molecule has 22 heavy (non-hydrogen) atoms. The number of nitrogens with one attached hydrogen (secondary N) is 1. The summed E-state index contributed by atoms with van der Waals surface area (Å²) in [5.41, 5.74) is 0.00162. The van der Waals surface area contributed by atoms with Crippen LogP contribution in [0.4, 0.5) is 18.9 Å². The summed E-state index contributed by atoms with van der Waals surface area (Å²) in [6.45, 7) is 1.79. The third kappa shape index (κ3) is 3.72. The highest BCUT2D eigenvalue weighted by atomic mass is 35.5. The number of aliphatic hydroxyl groups is 1. The molecule has 8 heteroatoms. The minimum absolute atomic E-state index is 0.00853. The summed E-state index contributed by atoms with van der Waals surface area (Å²) in [7, 11) is 0. The zero-order chi connectivity index (χ0) is 16.3. The van der Waals surface area contributed by atoms with E-state index in [0.717, 1.165) is 12.1 Å². The molecule has 1 atom stereocenters. The summed E-state index contributed by atoms with van der Waals surface area (Å²) in [4.78, 5) is 4.06. The molecule has 2 aromatic rings. The van der Waals surface area contributed by atoms with Crippen LogP contribution in [0.5, 0.6) is 0 Å². The monoisotopic (exact) mass is 333 g/mol. The fourth-order valence-corrected chi connectivity index (χ4v) is 2.09. The van der Waals surface area contributed by atoms with Crippen LogP contribution in [0.15, 0.2) is 30.6 Å². The van der Waals surface area contributed by atoms with Crippen molar-refractivity contribution in [3.63, 3.8) is 0 Å². The number of aliphatic hydroxyl groups excluding tert-OH is 1. The minimum atomic E-state index is -4.44. The second-order valence-corrected chi connectivity index (χ2v) is 5.07. The molecular formula is C14H15ClF3N3O. The first kappa shape index (κ1) is 16.6. The summed E-state index contributed by atoms with van der Waals surface area (Å²) in [6.07, 6.45) is -2.08. The third-order valence-electron chi connectivity index (χ3n) is 3.12. The average Bonchev–Trinajstić information content (AvgIpc) is 2.89. The minimum Gasteiger partial charge on any atom is -0.390 e. The molecule has 0 aliphatic rings. The largest absolute Gasteiger partial charge is 0.416 e. The number of aromatic nitrogens is 2. The molecule has 0 saturated carbocycles. The van der Waals surface area contributed by atoms with Gasteiger partial charge in [0.25, 0.3) is 0 Å². The van der Waals surface area contributed by atoms with Crippen LogP contribution in [0, 0.1) is 6.92 Å². The van der Waals surface area contributed by atoms with E-state index in [1.807, 2.05) is 0 Å². The van der Waals surface area contributed by atoms with Crippen LogP contribution in [-0.2, 0) is 6.18 Å². The van der Waals surface area contributed by atoms with Gasteiger partial charge in [0.2, 0.25) is 0 Å². The van der Waals surface area contributed by atoms with Gasteiger partial charge >= 0.3 is 6.18 Å². The number of hydrogen-bond donors (Lipinski definition) is 2. The summed E-state index contributed by atoms with van der Waals surface area (Å²) in [5, 5.41) is 12.3. The standard InChI is InChI=1S/C14H15ClF3N3O/c1-9-19-4-5-21(9)13-3-2-10(14(16,17)18)6-12(13)20-8-11(22)7-15/h2-6,11,20,22H,7-8H2,1H3. The lowest BCUT2D eigenvalue weighted by Crippen LogP contribution is -2.22. The second-order valence-electron chi connectivity index (χ2n) is 4.76. The molecule has 0 saturated heterocycles. The Bertz CT molecular complexity index is 643. The van der Waals surface area contributed by atoms with Gasteiger partial charge in [-0.2, -0.15) is 13.2 Å². The lowest BCUT2D eigenvalue weighted by molar-refractivity contribution is -0.137. The molecule has 0 spiro atoms. The smallest absolute Gasteiger partial charge is 0.390 e. The van der Waals surface area contributed by atoms with Crippen LogP contribution in [0.3, 0.4) is 0 Å². The van der Waals surface area contributed by atoms with Gasteiger partial charge in [-0.15, -0.1) is 11.6 Å². The lowest BCUT2D eigenvalue weighted by Gasteiger charge is -2.17. The van der Waals surface area contributed by atoms with Crippen molar-refractivity contribution in [2.24, 2.45) is 0 Å². The van der Waals surface area contributed by atoms with E-state index in [-0.39, 0.29) is 18.1 Å². The number of hydrogen-bond acceptors (Lipinski definition) is 3. The van der Waals surface area contributed by atoms with E-state index in [0.29, 0.717) is 11.5 Å². The Morgan fingerprint density at radius 1 is 1.41 bits per heavy atom. The number of rotatable bonds is 5. The predicted octanol–water partition coefficient (Wildman–Crippen LogP) is 3.21. The second kappa shape index (κ2) is 6.58. The van der Waals surface area contributed by atoms with E-state index < -0.39 is 17.8 Å². The zero-order valence-corrected chi connectivity index (χ0v) is 12.5. The van der Waals surface area contributed by atoms with Crippen LogP contribution >= 0.6 is 11.6 Å². The Morgan fingerprint density at radius 3 is 2.68 bits per heavy atom. The normalized spacial score (nSPS) is 13.2. The molecule has 1 aromatic heterocycles. The summed E-state index contributed by atoms with van der Waals surface area (Å²) in [5.74, 6) is 0.631. The van der Waals surface area contributed by atoms with E-state index in [9.17, 15) is 18.3 Å². The Kier molecular flexibility index (Phi) is 4.97. The molecule has 0 amide bonds. The quantitative estimate of drug-likeness (QED) is 0.826. The van der Waals surface area contributed by atoms with E-state index in [1.54, 1.807) is 23.9 Å². The van der Waals surface area contributed by atoms with Gasteiger partial charge < -0.3 is 15.0 Å². The highest BCUT2D eigenvalue weighted by molar-refractivity contribution is 6.18. The Balaban J connectivity index is 2.42. The predicted molar refractivity (Wildman–Crippen MR) is 78.5 cm³/mol. The molecule has 0 fully saturated rings. The number of anilines is 1.